The van der Waals surface area contributed by atoms with Gasteiger partial charge in [0.1, 0.15) is 11.9 Å². The van der Waals surface area contributed by atoms with Crippen molar-refractivity contribution in [1.82, 2.24) is 5.32 Å². The monoisotopic (exact) mass is 436 g/mol. The molecule has 1 aromatic heterocycles. The summed E-state index contributed by atoms with van der Waals surface area (Å²) in [5.74, 6) is -1.12. The highest BCUT2D eigenvalue weighted by Crippen LogP contribution is 2.32. The number of nitrogens with zero attached hydrogens (tertiary/aromatic N) is 1. The molecule has 0 saturated heterocycles. The summed E-state index contributed by atoms with van der Waals surface area (Å²) >= 11 is 1.47. The second-order valence-electron chi connectivity index (χ2n) is 7.77. The third-order valence-corrected chi connectivity index (χ3v) is 6.49. The van der Waals surface area contributed by atoms with E-state index in [2.05, 4.69) is 5.32 Å². The molecule has 1 N–H and O–H groups in total. The first-order chi connectivity index (χ1) is 15.1. The van der Waals surface area contributed by atoms with E-state index >= 15 is 0 Å². The van der Waals surface area contributed by atoms with Gasteiger partial charge in [0.05, 0.1) is 12.1 Å². The summed E-state index contributed by atoms with van der Waals surface area (Å²) < 4.78 is 14.9. The quantitative estimate of drug-likeness (QED) is 0.549. The molecule has 0 radical (unpaired) electrons. The normalized spacial score (nSPS) is 14.9. The van der Waals surface area contributed by atoms with E-state index in [4.69, 9.17) is 0 Å². The SMILES string of the molecule is O=C(NC1CCCC1)[C@H](c1ccccc1)N(C(=O)Cc1cccs1)c1ccccc1F. The van der Waals surface area contributed by atoms with E-state index in [0.717, 1.165) is 30.6 Å². The predicted octanol–water partition coefficient (Wildman–Crippen LogP) is 5.26. The number of anilines is 1. The Morgan fingerprint density at radius 2 is 1.71 bits per heavy atom. The van der Waals surface area contributed by atoms with Crippen molar-refractivity contribution in [3.63, 3.8) is 0 Å². The van der Waals surface area contributed by atoms with Crippen LogP contribution in [0.5, 0.6) is 0 Å². The fraction of sp³-hybridized carbons (Fsp3) is 0.280. The van der Waals surface area contributed by atoms with Gasteiger partial charge in [-0.15, -0.1) is 11.3 Å². The topological polar surface area (TPSA) is 49.4 Å². The van der Waals surface area contributed by atoms with Crippen molar-refractivity contribution < 1.29 is 14.0 Å². The highest BCUT2D eigenvalue weighted by Gasteiger charge is 2.35. The van der Waals surface area contributed by atoms with Crippen LogP contribution in [0.2, 0.25) is 0 Å². The average Bonchev–Trinajstić information content (AvgIpc) is 3.47. The summed E-state index contributed by atoms with van der Waals surface area (Å²) in [4.78, 5) is 29.2. The maximum atomic E-state index is 14.9. The van der Waals surface area contributed by atoms with Crippen LogP contribution in [-0.2, 0) is 16.0 Å². The molecule has 0 bridgehead atoms. The van der Waals surface area contributed by atoms with Crippen LogP contribution in [0, 0.1) is 5.82 Å². The average molecular weight is 437 g/mol. The van der Waals surface area contributed by atoms with Gasteiger partial charge in [-0.2, -0.15) is 0 Å². The van der Waals surface area contributed by atoms with Gasteiger partial charge in [0.25, 0.3) is 0 Å². The number of para-hydroxylation sites is 1. The molecular formula is C25H25FN2O2S. The van der Waals surface area contributed by atoms with Gasteiger partial charge < -0.3 is 5.32 Å². The van der Waals surface area contributed by atoms with Gasteiger partial charge in [0.15, 0.2) is 0 Å². The first kappa shape index (κ1) is 21.2. The minimum atomic E-state index is -0.953. The maximum Gasteiger partial charge on any atom is 0.248 e. The Bertz CT molecular complexity index is 1020. The van der Waals surface area contributed by atoms with Crippen molar-refractivity contribution in [2.45, 2.75) is 44.2 Å². The van der Waals surface area contributed by atoms with Gasteiger partial charge in [-0.25, -0.2) is 4.39 Å². The molecule has 4 nitrogen and oxygen atoms in total. The van der Waals surface area contributed by atoms with Crippen LogP contribution in [0.25, 0.3) is 0 Å². The minimum Gasteiger partial charge on any atom is -0.351 e. The Morgan fingerprint density at radius 3 is 2.39 bits per heavy atom. The van der Waals surface area contributed by atoms with Gasteiger partial charge in [-0.1, -0.05) is 61.4 Å². The molecule has 1 fully saturated rings. The summed E-state index contributed by atoms with van der Waals surface area (Å²) in [5, 5.41) is 5.01. The van der Waals surface area contributed by atoms with Crippen molar-refractivity contribution >= 4 is 28.8 Å². The standard InChI is InChI=1S/C25H25FN2O2S/c26-21-14-6-7-15-22(21)28(23(29)17-20-13-8-16-31-20)24(18-9-2-1-3-10-18)25(30)27-19-11-4-5-12-19/h1-3,6-10,13-16,19,24H,4-5,11-12,17H2,(H,27,30)/t24-/m0/s1. The van der Waals surface area contributed by atoms with Crippen molar-refractivity contribution in [3.8, 4) is 0 Å². The van der Waals surface area contributed by atoms with Crippen molar-refractivity contribution in [1.29, 1.82) is 0 Å². The van der Waals surface area contributed by atoms with Crippen LogP contribution in [0.3, 0.4) is 0 Å². The van der Waals surface area contributed by atoms with Crippen molar-refractivity contribution in [3.05, 3.63) is 88.4 Å². The summed E-state index contributed by atoms with van der Waals surface area (Å²) in [6.07, 6.45) is 4.11. The van der Waals surface area contributed by atoms with E-state index < -0.39 is 11.9 Å². The van der Waals surface area contributed by atoms with Crippen LogP contribution in [0.15, 0.2) is 72.1 Å². The predicted molar refractivity (Wildman–Crippen MR) is 121 cm³/mol. The fourth-order valence-corrected chi connectivity index (χ4v) is 4.81. The number of nitrogens with one attached hydrogen (secondary N) is 1. The van der Waals surface area contributed by atoms with Crippen LogP contribution in [0.1, 0.15) is 42.2 Å². The molecule has 1 heterocycles. The molecule has 3 aromatic rings. The number of thiophene rings is 1. The van der Waals surface area contributed by atoms with Crippen LogP contribution >= 0.6 is 11.3 Å². The molecule has 31 heavy (non-hydrogen) atoms. The Labute approximate surface area is 185 Å². The highest BCUT2D eigenvalue weighted by atomic mass is 32.1. The minimum absolute atomic E-state index is 0.0913. The summed E-state index contributed by atoms with van der Waals surface area (Å²) in [6, 6.07) is 18.2. The zero-order valence-corrected chi connectivity index (χ0v) is 18.0. The fourth-order valence-electron chi connectivity index (χ4n) is 4.12. The van der Waals surface area contributed by atoms with Gasteiger partial charge in [0, 0.05) is 10.9 Å². The lowest BCUT2D eigenvalue weighted by molar-refractivity contribution is -0.127. The molecule has 1 saturated carbocycles. The lowest BCUT2D eigenvalue weighted by Crippen LogP contribution is -2.47. The number of rotatable bonds is 7. The number of halogens is 1. The summed E-state index contributed by atoms with van der Waals surface area (Å²) in [5.41, 5.74) is 0.764. The smallest absolute Gasteiger partial charge is 0.248 e. The number of hydrogen-bond acceptors (Lipinski definition) is 3. The van der Waals surface area contributed by atoms with E-state index in [-0.39, 0.29) is 30.0 Å². The molecule has 0 spiro atoms. The number of benzene rings is 2. The third kappa shape index (κ3) is 5.02. The zero-order valence-electron chi connectivity index (χ0n) is 17.2. The van der Waals surface area contributed by atoms with E-state index in [9.17, 15) is 14.0 Å². The van der Waals surface area contributed by atoms with Gasteiger partial charge in [-0.3, -0.25) is 14.5 Å². The maximum absolute atomic E-state index is 14.9. The molecule has 0 aliphatic heterocycles. The Kier molecular flexibility index (Phi) is 6.77. The lowest BCUT2D eigenvalue weighted by Gasteiger charge is -2.32. The third-order valence-electron chi connectivity index (χ3n) is 5.61. The number of carbonyl (C=O) groups excluding carboxylic acids is 2. The molecule has 2 aromatic carbocycles. The van der Waals surface area contributed by atoms with Gasteiger partial charge >= 0.3 is 0 Å². The lowest BCUT2D eigenvalue weighted by atomic mass is 10.0. The van der Waals surface area contributed by atoms with E-state index in [1.165, 1.54) is 22.3 Å². The zero-order chi connectivity index (χ0) is 21.6. The first-order valence-corrected chi connectivity index (χ1v) is 11.5. The van der Waals surface area contributed by atoms with Gasteiger partial charge in [-0.05, 0) is 42.0 Å². The molecule has 160 valence electrons. The number of amides is 2. The molecule has 1 aliphatic rings. The Hall–Kier alpha value is -2.99. The summed E-state index contributed by atoms with van der Waals surface area (Å²) in [7, 11) is 0. The van der Waals surface area contributed by atoms with E-state index in [1.54, 1.807) is 18.2 Å². The van der Waals surface area contributed by atoms with Crippen LogP contribution in [-0.4, -0.2) is 17.9 Å². The molecule has 1 aliphatic carbocycles. The molecule has 0 unspecified atom stereocenters. The van der Waals surface area contributed by atoms with Gasteiger partial charge in [0.2, 0.25) is 11.8 Å². The molecule has 6 heteroatoms. The molecular weight excluding hydrogens is 411 g/mol. The first-order valence-electron chi connectivity index (χ1n) is 10.6. The molecule has 4 rings (SSSR count). The Morgan fingerprint density at radius 1 is 1.00 bits per heavy atom. The highest BCUT2D eigenvalue weighted by molar-refractivity contribution is 7.10. The number of hydrogen-bond donors (Lipinski definition) is 1. The van der Waals surface area contributed by atoms with E-state index in [1.807, 2.05) is 47.8 Å². The molecule has 1 atom stereocenters. The second-order valence-corrected chi connectivity index (χ2v) is 8.81. The van der Waals surface area contributed by atoms with E-state index in [0.29, 0.717) is 5.56 Å². The van der Waals surface area contributed by atoms with Crippen LogP contribution < -0.4 is 10.2 Å². The van der Waals surface area contributed by atoms with Crippen molar-refractivity contribution in [2.75, 3.05) is 4.90 Å². The largest absolute Gasteiger partial charge is 0.351 e. The van der Waals surface area contributed by atoms with Crippen LogP contribution in [0.4, 0.5) is 10.1 Å². The summed E-state index contributed by atoms with van der Waals surface area (Å²) in [6.45, 7) is 0. The second kappa shape index (κ2) is 9.88. The van der Waals surface area contributed by atoms with Crippen molar-refractivity contribution in [2.24, 2.45) is 0 Å². The Balaban J connectivity index is 1.75. The molecule has 2 amide bonds. The number of carbonyl (C=O) groups is 2.